The van der Waals surface area contributed by atoms with Crippen molar-refractivity contribution in [3.8, 4) is 11.5 Å². The van der Waals surface area contributed by atoms with Crippen LogP contribution in [-0.4, -0.2) is 41.9 Å². The molecule has 0 amide bonds. The Morgan fingerprint density at radius 1 is 0.846 bits per heavy atom. The summed E-state index contributed by atoms with van der Waals surface area (Å²) in [6.45, 7) is 8.09. The minimum absolute atomic E-state index is 0.0208. The van der Waals surface area contributed by atoms with Gasteiger partial charge in [-0.3, -0.25) is 19.2 Å². The molecule has 5 rings (SSSR count). The lowest BCUT2D eigenvalue weighted by molar-refractivity contribution is 0.200. The first-order valence-corrected chi connectivity index (χ1v) is 13.3. The normalized spacial score (nSPS) is 13.3. The Kier molecular flexibility index (Phi) is 7.70. The molecule has 202 valence electrons. The van der Waals surface area contributed by atoms with Gasteiger partial charge in [0.05, 0.1) is 33.3 Å². The average Bonchev–Trinajstić information content (AvgIpc) is 2.96. The molecule has 4 aromatic rings. The maximum Gasteiger partial charge on any atom is 0.259 e. The van der Waals surface area contributed by atoms with Crippen LogP contribution in [0.2, 0.25) is 0 Å². The van der Waals surface area contributed by atoms with E-state index in [4.69, 9.17) is 14.5 Å². The second kappa shape index (κ2) is 11.3. The summed E-state index contributed by atoms with van der Waals surface area (Å²) in [6, 6.07) is 22.4. The number of aromatic nitrogens is 2. The highest BCUT2D eigenvalue weighted by atomic mass is 16.5. The molecular weight excluding hydrogens is 488 g/mol. The number of aryl methyl sites for hydroxylation is 2. The fraction of sp³-hybridized carbons (Fsp3) is 0.312. The van der Waals surface area contributed by atoms with E-state index in [1.54, 1.807) is 14.2 Å². The average molecular weight is 525 g/mol. The minimum Gasteiger partial charge on any atom is -0.493 e. The molecule has 7 nitrogen and oxygen atoms in total. The van der Waals surface area contributed by atoms with Crippen molar-refractivity contribution in [2.45, 2.75) is 40.3 Å². The molecule has 0 bridgehead atoms. The molecule has 1 aliphatic heterocycles. The predicted molar refractivity (Wildman–Crippen MR) is 155 cm³/mol. The molecule has 0 aliphatic carbocycles. The zero-order chi connectivity index (χ0) is 27.5. The van der Waals surface area contributed by atoms with E-state index in [0.29, 0.717) is 31.5 Å². The van der Waals surface area contributed by atoms with Gasteiger partial charge in [-0.15, -0.1) is 0 Å². The van der Waals surface area contributed by atoms with Crippen LogP contribution in [0, 0.1) is 20.8 Å². The van der Waals surface area contributed by atoms with E-state index in [1.807, 2.05) is 41.8 Å². The molecule has 39 heavy (non-hydrogen) atoms. The fourth-order valence-corrected chi connectivity index (χ4v) is 5.21. The third-order valence-electron chi connectivity index (χ3n) is 7.63. The van der Waals surface area contributed by atoms with Gasteiger partial charge in [-0.05, 0) is 67.6 Å². The Balaban J connectivity index is 1.51. The van der Waals surface area contributed by atoms with Gasteiger partial charge in [0.2, 0.25) is 5.95 Å². The summed E-state index contributed by atoms with van der Waals surface area (Å²) in [5, 5.41) is 0. The maximum atomic E-state index is 14.0. The summed E-state index contributed by atoms with van der Waals surface area (Å²) >= 11 is 0. The molecule has 7 heteroatoms. The quantitative estimate of drug-likeness (QED) is 0.308. The largest absolute Gasteiger partial charge is 0.493 e. The molecule has 1 aliphatic rings. The molecule has 0 saturated heterocycles. The van der Waals surface area contributed by atoms with E-state index in [1.165, 1.54) is 11.1 Å². The summed E-state index contributed by atoms with van der Waals surface area (Å²) < 4.78 is 12.7. The summed E-state index contributed by atoms with van der Waals surface area (Å²) in [4.78, 5) is 23.5. The first-order valence-electron chi connectivity index (χ1n) is 13.3. The van der Waals surface area contributed by atoms with E-state index in [9.17, 15) is 4.79 Å². The fourth-order valence-electron chi connectivity index (χ4n) is 5.21. The van der Waals surface area contributed by atoms with Gasteiger partial charge in [0, 0.05) is 24.2 Å². The number of hydrogen-bond acceptors (Lipinski definition) is 6. The second-order valence-electron chi connectivity index (χ2n) is 10.1. The number of rotatable bonds is 8. The Hall–Kier alpha value is -4.10. The SMILES string of the molecule is COc1ccc(CCN2CN(c3cccc(C)c3C)c3nc(C)c(Cc4ccccc4)c(=O)n3C2)cc1OC. The van der Waals surface area contributed by atoms with Crippen molar-refractivity contribution in [2.24, 2.45) is 0 Å². The zero-order valence-electron chi connectivity index (χ0n) is 23.4. The van der Waals surface area contributed by atoms with Crippen molar-refractivity contribution in [3.05, 3.63) is 111 Å². The Morgan fingerprint density at radius 2 is 1.62 bits per heavy atom. The van der Waals surface area contributed by atoms with Gasteiger partial charge in [0.1, 0.15) is 0 Å². The number of benzene rings is 3. The molecule has 3 aromatic carbocycles. The summed E-state index contributed by atoms with van der Waals surface area (Å²) in [6.07, 6.45) is 1.37. The van der Waals surface area contributed by atoms with Crippen molar-refractivity contribution >= 4 is 11.6 Å². The molecule has 0 N–H and O–H groups in total. The first kappa shape index (κ1) is 26.5. The molecule has 0 spiro atoms. The molecule has 0 atom stereocenters. The van der Waals surface area contributed by atoms with E-state index in [2.05, 4.69) is 60.0 Å². The molecule has 1 aromatic heterocycles. The highest BCUT2D eigenvalue weighted by Gasteiger charge is 2.29. The number of nitrogens with zero attached hydrogens (tertiary/aromatic N) is 4. The predicted octanol–water partition coefficient (Wildman–Crippen LogP) is 5.39. The minimum atomic E-state index is 0.0208. The van der Waals surface area contributed by atoms with E-state index >= 15 is 0 Å². The Labute approximate surface area is 230 Å². The van der Waals surface area contributed by atoms with Gasteiger partial charge in [0.25, 0.3) is 5.56 Å². The highest BCUT2D eigenvalue weighted by Crippen LogP contribution is 2.32. The van der Waals surface area contributed by atoms with E-state index in [0.717, 1.165) is 46.8 Å². The van der Waals surface area contributed by atoms with Crippen LogP contribution in [0.25, 0.3) is 0 Å². The Morgan fingerprint density at radius 3 is 2.36 bits per heavy atom. The van der Waals surface area contributed by atoms with Gasteiger partial charge in [-0.25, -0.2) is 4.98 Å². The van der Waals surface area contributed by atoms with Crippen LogP contribution in [-0.2, 0) is 19.5 Å². The van der Waals surface area contributed by atoms with E-state index in [-0.39, 0.29) is 5.56 Å². The van der Waals surface area contributed by atoms with Gasteiger partial charge < -0.3 is 9.47 Å². The molecule has 2 heterocycles. The third-order valence-corrected chi connectivity index (χ3v) is 7.63. The standard InChI is InChI=1S/C32H36N4O3/c1-22-10-9-13-28(23(22)2)35-20-34(17-16-26-14-15-29(38-4)30(19-26)39-5)21-36-31(37)27(24(3)33-32(35)36)18-25-11-7-6-8-12-25/h6-15,19H,16-18,20-21H2,1-5H3. The molecule has 0 fully saturated rings. The van der Waals surface area contributed by atoms with Crippen LogP contribution in [0.4, 0.5) is 11.6 Å². The zero-order valence-corrected chi connectivity index (χ0v) is 23.4. The third kappa shape index (κ3) is 5.40. The van der Waals surface area contributed by atoms with Crippen molar-refractivity contribution in [1.82, 2.24) is 14.5 Å². The molecule has 0 radical (unpaired) electrons. The second-order valence-corrected chi connectivity index (χ2v) is 10.1. The lowest BCUT2D eigenvalue weighted by Crippen LogP contribution is -2.48. The van der Waals surface area contributed by atoms with Crippen LogP contribution >= 0.6 is 0 Å². The summed E-state index contributed by atoms with van der Waals surface area (Å²) in [5.74, 6) is 2.14. The number of methoxy groups -OCH3 is 2. The lowest BCUT2D eigenvalue weighted by Gasteiger charge is -2.39. The maximum absolute atomic E-state index is 14.0. The molecule has 0 unspecified atom stereocenters. The van der Waals surface area contributed by atoms with Gasteiger partial charge in [-0.1, -0.05) is 48.5 Å². The van der Waals surface area contributed by atoms with E-state index < -0.39 is 0 Å². The van der Waals surface area contributed by atoms with Crippen LogP contribution < -0.4 is 19.9 Å². The van der Waals surface area contributed by atoms with Crippen molar-refractivity contribution in [3.63, 3.8) is 0 Å². The number of fused-ring (bicyclic) bond motifs is 1. The Bertz CT molecular complexity index is 1530. The molecule has 0 saturated carbocycles. The van der Waals surface area contributed by atoms with Crippen LogP contribution in [0.3, 0.4) is 0 Å². The number of hydrogen-bond donors (Lipinski definition) is 0. The van der Waals surface area contributed by atoms with Crippen LogP contribution in [0.1, 0.15) is 33.5 Å². The topological polar surface area (TPSA) is 59.8 Å². The highest BCUT2D eigenvalue weighted by molar-refractivity contribution is 5.64. The molecular formula is C32H36N4O3. The van der Waals surface area contributed by atoms with Gasteiger partial charge in [-0.2, -0.15) is 0 Å². The first-order chi connectivity index (χ1) is 18.9. The monoisotopic (exact) mass is 524 g/mol. The van der Waals surface area contributed by atoms with Gasteiger partial charge in [0.15, 0.2) is 11.5 Å². The van der Waals surface area contributed by atoms with Crippen molar-refractivity contribution < 1.29 is 9.47 Å². The number of anilines is 2. The summed E-state index contributed by atoms with van der Waals surface area (Å²) in [7, 11) is 3.30. The number of ether oxygens (including phenoxy) is 2. The van der Waals surface area contributed by atoms with Crippen molar-refractivity contribution in [1.29, 1.82) is 0 Å². The van der Waals surface area contributed by atoms with Crippen LogP contribution in [0.5, 0.6) is 11.5 Å². The van der Waals surface area contributed by atoms with Crippen LogP contribution in [0.15, 0.2) is 71.5 Å². The lowest BCUT2D eigenvalue weighted by atomic mass is 10.0. The smallest absolute Gasteiger partial charge is 0.259 e. The van der Waals surface area contributed by atoms with Gasteiger partial charge >= 0.3 is 0 Å². The summed E-state index contributed by atoms with van der Waals surface area (Å²) in [5.41, 5.74) is 7.27. The van der Waals surface area contributed by atoms with Crippen molar-refractivity contribution in [2.75, 3.05) is 32.3 Å².